The van der Waals surface area contributed by atoms with E-state index in [1.165, 1.54) is 24.1 Å². The van der Waals surface area contributed by atoms with Gasteiger partial charge in [-0.15, -0.1) is 0 Å². The summed E-state index contributed by atoms with van der Waals surface area (Å²) in [5, 5.41) is 3.90. The lowest BCUT2D eigenvalue weighted by Crippen LogP contribution is -2.16. The van der Waals surface area contributed by atoms with Crippen LogP contribution >= 0.6 is 0 Å². The Balaban J connectivity index is 2.49. The van der Waals surface area contributed by atoms with Crippen molar-refractivity contribution in [2.75, 3.05) is 17.6 Å². The summed E-state index contributed by atoms with van der Waals surface area (Å²) >= 11 is 0. The van der Waals surface area contributed by atoms with Gasteiger partial charge in [0.15, 0.2) is 0 Å². The van der Waals surface area contributed by atoms with Crippen molar-refractivity contribution in [3.05, 3.63) is 30.0 Å². The van der Waals surface area contributed by atoms with E-state index in [1.807, 2.05) is 0 Å². The molecule has 0 aliphatic rings. The molecule has 0 atom stereocenters. The van der Waals surface area contributed by atoms with E-state index < -0.39 is 10.0 Å². The molecule has 0 bridgehead atoms. The molecule has 1 aromatic heterocycles. The highest BCUT2D eigenvalue weighted by atomic mass is 32.2. The van der Waals surface area contributed by atoms with Crippen LogP contribution < -0.4 is 15.2 Å². The van der Waals surface area contributed by atoms with Gasteiger partial charge in [0.05, 0.1) is 13.3 Å². The van der Waals surface area contributed by atoms with Crippen LogP contribution in [-0.2, 0) is 17.1 Å². The molecule has 8 heteroatoms. The molecule has 0 radical (unpaired) electrons. The lowest BCUT2D eigenvalue weighted by molar-refractivity contribution is 0.402. The number of anilines is 2. The van der Waals surface area contributed by atoms with E-state index in [0.29, 0.717) is 11.5 Å². The van der Waals surface area contributed by atoms with Gasteiger partial charge in [-0.3, -0.25) is 9.40 Å². The van der Waals surface area contributed by atoms with Crippen LogP contribution in [0, 0.1) is 6.92 Å². The first-order chi connectivity index (χ1) is 9.35. The van der Waals surface area contributed by atoms with E-state index in [0.717, 1.165) is 5.56 Å². The quantitative estimate of drug-likeness (QED) is 0.824. The zero-order valence-electron chi connectivity index (χ0n) is 11.4. The zero-order valence-corrected chi connectivity index (χ0v) is 12.2. The number of aryl methyl sites for hydroxylation is 2. The second-order valence-corrected chi connectivity index (χ2v) is 5.96. The lowest BCUT2D eigenvalue weighted by atomic mass is 10.2. The molecule has 0 aliphatic heterocycles. The summed E-state index contributed by atoms with van der Waals surface area (Å²) in [6, 6.07) is 4.53. The SMILES string of the molecule is COc1cc(C)c(N)cc1S(=O)(=O)Nc1ccnn1C. The van der Waals surface area contributed by atoms with Crippen LogP contribution in [0.3, 0.4) is 0 Å². The minimum atomic E-state index is -3.80. The second-order valence-electron chi connectivity index (χ2n) is 4.31. The van der Waals surface area contributed by atoms with Crippen LogP contribution in [0.5, 0.6) is 5.75 Å². The average Bonchev–Trinajstić information content (AvgIpc) is 2.77. The predicted molar refractivity (Wildman–Crippen MR) is 76.2 cm³/mol. The monoisotopic (exact) mass is 296 g/mol. The zero-order chi connectivity index (χ0) is 14.9. The molecule has 1 aromatic carbocycles. The van der Waals surface area contributed by atoms with Gasteiger partial charge in [-0.1, -0.05) is 0 Å². The number of rotatable bonds is 4. The standard InChI is InChI=1S/C12H16N4O3S/c1-8-6-10(19-3)11(7-9(8)13)20(17,18)15-12-4-5-14-16(12)2/h4-7,15H,13H2,1-3H3. The van der Waals surface area contributed by atoms with Crippen molar-refractivity contribution in [1.29, 1.82) is 0 Å². The Hall–Kier alpha value is -2.22. The lowest BCUT2D eigenvalue weighted by Gasteiger charge is -2.13. The number of sulfonamides is 1. The van der Waals surface area contributed by atoms with Crippen LogP contribution in [0.1, 0.15) is 5.56 Å². The highest BCUT2D eigenvalue weighted by Gasteiger charge is 2.22. The maximum absolute atomic E-state index is 12.4. The van der Waals surface area contributed by atoms with Gasteiger partial charge in [0.2, 0.25) is 0 Å². The highest BCUT2D eigenvalue weighted by Crippen LogP contribution is 2.30. The molecular weight excluding hydrogens is 280 g/mol. The number of nitrogens with one attached hydrogen (secondary N) is 1. The fourth-order valence-corrected chi connectivity index (χ4v) is 2.99. The second kappa shape index (κ2) is 5.04. The number of methoxy groups -OCH3 is 1. The first-order valence-electron chi connectivity index (χ1n) is 5.80. The Bertz CT molecular complexity index is 737. The van der Waals surface area contributed by atoms with Gasteiger partial charge < -0.3 is 10.5 Å². The number of nitrogen functional groups attached to an aromatic ring is 1. The number of nitrogens with zero attached hydrogens (tertiary/aromatic N) is 2. The molecule has 0 unspecified atom stereocenters. The van der Waals surface area contributed by atoms with E-state index in [4.69, 9.17) is 10.5 Å². The van der Waals surface area contributed by atoms with Crippen molar-refractivity contribution < 1.29 is 13.2 Å². The van der Waals surface area contributed by atoms with E-state index in [2.05, 4.69) is 9.82 Å². The third-order valence-electron chi connectivity index (χ3n) is 2.90. The normalized spacial score (nSPS) is 11.3. The number of aromatic nitrogens is 2. The molecule has 2 aromatic rings. The van der Waals surface area contributed by atoms with Gasteiger partial charge >= 0.3 is 0 Å². The van der Waals surface area contributed by atoms with Crippen LogP contribution in [0.4, 0.5) is 11.5 Å². The van der Waals surface area contributed by atoms with Crippen molar-refractivity contribution in [2.24, 2.45) is 7.05 Å². The van der Waals surface area contributed by atoms with Crippen molar-refractivity contribution in [3.8, 4) is 5.75 Å². The summed E-state index contributed by atoms with van der Waals surface area (Å²) in [6.45, 7) is 1.78. The van der Waals surface area contributed by atoms with Crippen LogP contribution in [0.25, 0.3) is 0 Å². The van der Waals surface area contributed by atoms with Gasteiger partial charge in [0.25, 0.3) is 10.0 Å². The van der Waals surface area contributed by atoms with Crippen molar-refractivity contribution in [1.82, 2.24) is 9.78 Å². The molecule has 0 saturated carbocycles. The molecule has 3 N–H and O–H groups in total. The maximum atomic E-state index is 12.4. The first kappa shape index (κ1) is 14.2. The Morgan fingerprint density at radius 1 is 1.40 bits per heavy atom. The summed E-state index contributed by atoms with van der Waals surface area (Å²) in [5.74, 6) is 0.595. The minimum absolute atomic E-state index is 0.00991. The largest absolute Gasteiger partial charge is 0.495 e. The molecule has 0 spiro atoms. The van der Waals surface area contributed by atoms with Crippen LogP contribution in [-0.4, -0.2) is 25.3 Å². The van der Waals surface area contributed by atoms with Crippen molar-refractivity contribution in [3.63, 3.8) is 0 Å². The molecule has 0 fully saturated rings. The number of ether oxygens (including phenoxy) is 1. The topological polar surface area (TPSA) is 99.2 Å². The average molecular weight is 296 g/mol. The predicted octanol–water partition coefficient (Wildman–Crippen LogP) is 1.12. The fourth-order valence-electron chi connectivity index (χ4n) is 1.71. The molecule has 7 nitrogen and oxygen atoms in total. The van der Waals surface area contributed by atoms with E-state index >= 15 is 0 Å². The molecule has 2 rings (SSSR count). The van der Waals surface area contributed by atoms with Gasteiger partial charge in [-0.25, -0.2) is 8.42 Å². The number of hydrogen-bond donors (Lipinski definition) is 2. The number of hydrogen-bond acceptors (Lipinski definition) is 5. The molecule has 0 saturated heterocycles. The van der Waals surface area contributed by atoms with Crippen molar-refractivity contribution >= 4 is 21.5 Å². The van der Waals surface area contributed by atoms with Crippen LogP contribution in [0.15, 0.2) is 29.3 Å². The third kappa shape index (κ3) is 2.55. The summed E-state index contributed by atoms with van der Waals surface area (Å²) in [5.41, 5.74) is 6.92. The van der Waals surface area contributed by atoms with Crippen LogP contribution in [0.2, 0.25) is 0 Å². The molecule has 0 aliphatic carbocycles. The third-order valence-corrected chi connectivity index (χ3v) is 4.28. The van der Waals surface area contributed by atoms with Gasteiger partial charge in [-0.2, -0.15) is 5.10 Å². The smallest absolute Gasteiger partial charge is 0.266 e. The Morgan fingerprint density at radius 3 is 2.65 bits per heavy atom. The molecule has 108 valence electrons. The minimum Gasteiger partial charge on any atom is -0.495 e. The van der Waals surface area contributed by atoms with E-state index in [9.17, 15) is 8.42 Å². The van der Waals surface area contributed by atoms with E-state index in [-0.39, 0.29) is 10.6 Å². The first-order valence-corrected chi connectivity index (χ1v) is 7.28. The van der Waals surface area contributed by atoms with Crippen molar-refractivity contribution in [2.45, 2.75) is 11.8 Å². The summed E-state index contributed by atoms with van der Waals surface area (Å²) in [7, 11) is -0.755. The summed E-state index contributed by atoms with van der Waals surface area (Å²) in [6.07, 6.45) is 1.50. The molecular formula is C12H16N4O3S. The highest BCUT2D eigenvalue weighted by molar-refractivity contribution is 7.92. The Labute approximate surface area is 117 Å². The number of benzene rings is 1. The molecule has 1 heterocycles. The fraction of sp³-hybridized carbons (Fsp3) is 0.250. The Kier molecular flexibility index (Phi) is 3.58. The molecule has 20 heavy (non-hydrogen) atoms. The molecule has 0 amide bonds. The summed E-state index contributed by atoms with van der Waals surface area (Å²) < 4.78 is 33.8. The van der Waals surface area contributed by atoms with E-state index in [1.54, 1.807) is 26.1 Å². The van der Waals surface area contributed by atoms with Gasteiger partial charge in [0.1, 0.15) is 16.5 Å². The number of nitrogens with two attached hydrogens (primary N) is 1. The maximum Gasteiger partial charge on any atom is 0.266 e. The summed E-state index contributed by atoms with van der Waals surface area (Å²) in [4.78, 5) is -0.00991. The Morgan fingerprint density at radius 2 is 2.10 bits per heavy atom. The van der Waals surface area contributed by atoms with Gasteiger partial charge in [0, 0.05) is 18.8 Å². The van der Waals surface area contributed by atoms with Gasteiger partial charge in [-0.05, 0) is 24.6 Å².